The summed E-state index contributed by atoms with van der Waals surface area (Å²) in [5.74, 6) is -0.788. The molecule has 1 N–H and O–H groups in total. The predicted octanol–water partition coefficient (Wildman–Crippen LogP) is 4.09. The molecule has 0 fully saturated rings. The topological polar surface area (TPSA) is 76.7 Å². The van der Waals surface area contributed by atoms with E-state index in [1.807, 2.05) is 0 Å². The number of phenols is 1. The Kier molecular flexibility index (Phi) is 4.51. The molecular weight excluding hydrogens is 352 g/mol. The van der Waals surface area contributed by atoms with Crippen LogP contribution in [0.3, 0.4) is 0 Å². The average Bonchev–Trinajstić information content (AvgIpc) is 2.58. The molecule has 2 aromatic carbocycles. The van der Waals surface area contributed by atoms with Crippen LogP contribution in [0.4, 0.5) is 0 Å². The van der Waals surface area contributed by atoms with Crippen LogP contribution in [-0.4, -0.2) is 18.2 Å². The Morgan fingerprint density at radius 3 is 2.58 bits per heavy atom. The highest BCUT2D eigenvalue weighted by molar-refractivity contribution is 7.99. The summed E-state index contributed by atoms with van der Waals surface area (Å²) in [6.07, 6.45) is 0. The van der Waals surface area contributed by atoms with Gasteiger partial charge in [-0.2, -0.15) is 0 Å². The van der Waals surface area contributed by atoms with E-state index in [0.29, 0.717) is 15.3 Å². The van der Waals surface area contributed by atoms with Crippen LogP contribution in [0, 0.1) is 0 Å². The zero-order valence-electron chi connectivity index (χ0n) is 12.4. The van der Waals surface area contributed by atoms with E-state index in [9.17, 15) is 14.7 Å². The number of carbonyl (C=O) groups excluding carboxylic acids is 1. The fraction of sp³-hybridized carbons (Fsp3) is 0.0588. The van der Waals surface area contributed by atoms with Gasteiger partial charge in [-0.05, 0) is 42.5 Å². The Morgan fingerprint density at radius 2 is 1.92 bits per heavy atom. The number of aromatic hydroxyl groups is 1. The van der Waals surface area contributed by atoms with E-state index in [1.54, 1.807) is 24.3 Å². The average molecular weight is 363 g/mol. The fourth-order valence-electron chi connectivity index (χ4n) is 2.13. The van der Waals surface area contributed by atoms with E-state index in [2.05, 4.69) is 4.74 Å². The molecule has 0 saturated heterocycles. The van der Waals surface area contributed by atoms with Crippen molar-refractivity contribution in [3.8, 4) is 5.75 Å². The number of ether oxygens (including phenoxy) is 1. The molecule has 0 spiro atoms. The van der Waals surface area contributed by atoms with Crippen LogP contribution in [0.5, 0.6) is 5.75 Å². The van der Waals surface area contributed by atoms with Crippen molar-refractivity contribution in [1.29, 1.82) is 0 Å². The Bertz CT molecular complexity index is 979. The van der Waals surface area contributed by atoms with Gasteiger partial charge in [0.2, 0.25) is 0 Å². The molecule has 122 valence electrons. The second kappa shape index (κ2) is 6.59. The second-order valence-corrected chi connectivity index (χ2v) is 6.34. The number of esters is 1. The third-order valence-corrected chi connectivity index (χ3v) is 4.68. The number of carbonyl (C=O) groups is 1. The molecular formula is C17H11ClO5S. The lowest BCUT2D eigenvalue weighted by atomic mass is 10.2. The molecule has 0 radical (unpaired) electrons. The molecule has 0 aliphatic rings. The largest absolute Gasteiger partial charge is 0.507 e. The molecule has 3 rings (SSSR count). The van der Waals surface area contributed by atoms with Crippen molar-refractivity contribution in [3.05, 3.63) is 63.5 Å². The normalized spacial score (nSPS) is 10.8. The molecule has 0 unspecified atom stereocenters. The summed E-state index contributed by atoms with van der Waals surface area (Å²) in [7, 11) is 1.18. The van der Waals surface area contributed by atoms with Crippen molar-refractivity contribution in [1.82, 2.24) is 0 Å². The van der Waals surface area contributed by atoms with Crippen molar-refractivity contribution in [3.63, 3.8) is 0 Å². The summed E-state index contributed by atoms with van der Waals surface area (Å²) >= 11 is 7.13. The Morgan fingerprint density at radius 1 is 1.21 bits per heavy atom. The number of fused-ring (bicyclic) bond motifs is 1. The maximum atomic E-state index is 11.9. The van der Waals surface area contributed by atoms with Gasteiger partial charge in [-0.15, -0.1) is 0 Å². The van der Waals surface area contributed by atoms with Gasteiger partial charge >= 0.3 is 11.6 Å². The van der Waals surface area contributed by atoms with Crippen molar-refractivity contribution in [2.45, 2.75) is 9.79 Å². The summed E-state index contributed by atoms with van der Waals surface area (Å²) in [4.78, 5) is 24.9. The van der Waals surface area contributed by atoms with Gasteiger partial charge in [0.15, 0.2) is 0 Å². The lowest BCUT2D eigenvalue weighted by molar-refractivity contribution is 0.0596. The Balaban J connectivity index is 2.18. The van der Waals surface area contributed by atoms with Gasteiger partial charge in [-0.3, -0.25) is 0 Å². The van der Waals surface area contributed by atoms with Gasteiger partial charge in [-0.25, -0.2) is 9.59 Å². The fourth-order valence-corrected chi connectivity index (χ4v) is 3.21. The zero-order valence-corrected chi connectivity index (χ0v) is 14.0. The highest BCUT2D eigenvalue weighted by Gasteiger charge is 2.18. The van der Waals surface area contributed by atoms with Gasteiger partial charge in [0.05, 0.1) is 12.0 Å². The Hall–Kier alpha value is -2.44. The van der Waals surface area contributed by atoms with Crippen molar-refractivity contribution in [2.24, 2.45) is 0 Å². The van der Waals surface area contributed by atoms with E-state index in [0.717, 1.165) is 4.90 Å². The summed E-state index contributed by atoms with van der Waals surface area (Å²) < 4.78 is 9.75. The van der Waals surface area contributed by atoms with Gasteiger partial charge < -0.3 is 14.3 Å². The monoisotopic (exact) mass is 362 g/mol. The third-order valence-electron chi connectivity index (χ3n) is 3.29. The minimum absolute atomic E-state index is 0.00659. The van der Waals surface area contributed by atoms with Crippen LogP contribution in [0.25, 0.3) is 11.0 Å². The van der Waals surface area contributed by atoms with Gasteiger partial charge in [0, 0.05) is 15.3 Å². The predicted molar refractivity (Wildman–Crippen MR) is 91.1 cm³/mol. The summed E-state index contributed by atoms with van der Waals surface area (Å²) in [5.41, 5.74) is -0.752. The lowest BCUT2D eigenvalue weighted by Gasteiger charge is -2.09. The summed E-state index contributed by atoms with van der Waals surface area (Å²) in [6.45, 7) is 0. The lowest BCUT2D eigenvalue weighted by Crippen LogP contribution is -2.15. The van der Waals surface area contributed by atoms with Crippen molar-refractivity contribution < 1.29 is 19.1 Å². The van der Waals surface area contributed by atoms with Gasteiger partial charge in [-0.1, -0.05) is 23.4 Å². The molecule has 0 saturated carbocycles. The number of rotatable bonds is 3. The summed E-state index contributed by atoms with van der Waals surface area (Å²) in [6, 6.07) is 11.3. The molecule has 24 heavy (non-hydrogen) atoms. The molecule has 1 heterocycles. The molecule has 1 aromatic heterocycles. The number of hydrogen-bond acceptors (Lipinski definition) is 6. The first-order valence-corrected chi connectivity index (χ1v) is 8.00. The van der Waals surface area contributed by atoms with Crippen molar-refractivity contribution in [2.75, 3.05) is 7.11 Å². The molecule has 0 aliphatic heterocycles. The van der Waals surface area contributed by atoms with E-state index >= 15 is 0 Å². The van der Waals surface area contributed by atoms with E-state index < -0.39 is 11.6 Å². The van der Waals surface area contributed by atoms with Gasteiger partial charge in [0.1, 0.15) is 16.9 Å². The first-order chi connectivity index (χ1) is 11.5. The molecule has 0 atom stereocenters. The number of methoxy groups -OCH3 is 1. The van der Waals surface area contributed by atoms with Crippen LogP contribution in [0.2, 0.25) is 5.02 Å². The van der Waals surface area contributed by atoms with Crippen LogP contribution < -0.4 is 5.63 Å². The number of benzene rings is 2. The third kappa shape index (κ3) is 3.11. The van der Waals surface area contributed by atoms with Crippen LogP contribution in [0.15, 0.2) is 61.5 Å². The minimum Gasteiger partial charge on any atom is -0.507 e. The van der Waals surface area contributed by atoms with Crippen LogP contribution in [-0.2, 0) is 4.74 Å². The molecule has 3 aromatic rings. The first-order valence-electron chi connectivity index (χ1n) is 6.81. The van der Waals surface area contributed by atoms with Gasteiger partial charge in [0.25, 0.3) is 0 Å². The van der Waals surface area contributed by atoms with E-state index in [1.165, 1.54) is 37.1 Å². The SMILES string of the molecule is COC(=O)c1cc2c(Sc3ccc(Cl)cc3)c(O)ccc2oc1=O. The molecule has 0 amide bonds. The molecule has 7 heteroatoms. The smallest absolute Gasteiger partial charge is 0.351 e. The van der Waals surface area contributed by atoms with Crippen LogP contribution >= 0.6 is 23.4 Å². The highest BCUT2D eigenvalue weighted by Crippen LogP contribution is 2.40. The minimum atomic E-state index is -0.795. The standard InChI is InChI=1S/C17H11ClO5S/c1-22-16(20)12-8-11-14(23-17(12)21)7-6-13(19)15(11)24-10-4-2-9(18)3-5-10/h2-8,19H,1H3. The second-order valence-electron chi connectivity index (χ2n) is 4.82. The number of hydrogen-bond donors (Lipinski definition) is 1. The Labute approximate surface area is 145 Å². The summed E-state index contributed by atoms with van der Waals surface area (Å²) in [5, 5.41) is 11.2. The first kappa shape index (κ1) is 16.4. The van der Waals surface area contributed by atoms with E-state index in [4.69, 9.17) is 16.0 Å². The molecule has 0 bridgehead atoms. The van der Waals surface area contributed by atoms with Crippen LogP contribution in [0.1, 0.15) is 10.4 Å². The molecule has 0 aliphatic carbocycles. The van der Waals surface area contributed by atoms with E-state index in [-0.39, 0.29) is 16.9 Å². The zero-order chi connectivity index (χ0) is 17.3. The quantitative estimate of drug-likeness (QED) is 0.558. The maximum absolute atomic E-state index is 11.9. The number of halogens is 1. The number of phenolic OH excluding ortho intramolecular Hbond substituents is 1. The molecule has 5 nitrogen and oxygen atoms in total. The maximum Gasteiger partial charge on any atom is 0.351 e. The van der Waals surface area contributed by atoms with Crippen molar-refractivity contribution >= 4 is 40.3 Å². The highest BCUT2D eigenvalue weighted by atomic mass is 35.5.